The number of carbonyl (C=O) groups is 1. The normalized spacial score (nSPS) is 11.4. The third-order valence-electron chi connectivity index (χ3n) is 3.54. The Labute approximate surface area is 170 Å². The molecule has 3 aromatic rings. The van der Waals surface area contributed by atoms with E-state index in [2.05, 4.69) is 47.1 Å². The van der Waals surface area contributed by atoms with E-state index >= 15 is 0 Å². The number of nitrogens with zero attached hydrogens (tertiary/aromatic N) is 2. The number of nitrogens with one attached hydrogen (secondary N) is 1. The molecule has 26 heavy (non-hydrogen) atoms. The van der Waals surface area contributed by atoms with E-state index in [1.807, 2.05) is 19.1 Å². The predicted molar refractivity (Wildman–Crippen MR) is 107 cm³/mol. The van der Waals surface area contributed by atoms with Crippen LogP contribution in [0.15, 0.2) is 49.5 Å². The number of carbonyl (C=O) groups excluding carboxylic acids is 1. The molecule has 0 aliphatic heterocycles. The maximum absolute atomic E-state index is 11.9. The Morgan fingerprint density at radius 2 is 2.08 bits per heavy atom. The van der Waals surface area contributed by atoms with E-state index in [0.29, 0.717) is 21.7 Å². The number of azo groups is 1. The van der Waals surface area contributed by atoms with Crippen molar-refractivity contribution in [2.75, 3.05) is 6.61 Å². The molecule has 0 radical (unpaired) electrons. The fraction of sp³-hybridized carbons (Fsp3) is 0.118. The van der Waals surface area contributed by atoms with Gasteiger partial charge in [0.15, 0.2) is 12.3 Å². The first-order chi connectivity index (χ1) is 12.3. The van der Waals surface area contributed by atoms with Crippen molar-refractivity contribution in [2.24, 2.45) is 10.2 Å². The fourth-order valence-corrected chi connectivity index (χ4v) is 3.33. The number of aromatic hydroxyl groups is 1. The molecule has 0 saturated carbocycles. The summed E-state index contributed by atoms with van der Waals surface area (Å²) in [6, 6.07) is 8.71. The van der Waals surface area contributed by atoms with Gasteiger partial charge in [-0.05, 0) is 42.8 Å². The number of rotatable bonds is 4. The summed E-state index contributed by atoms with van der Waals surface area (Å²) in [4.78, 5) is 14.7. The molecule has 1 aromatic heterocycles. The Hall–Kier alpha value is -1.90. The molecule has 134 valence electrons. The van der Waals surface area contributed by atoms with Crippen LogP contribution in [0.2, 0.25) is 5.02 Å². The monoisotopic (exact) mass is 499 g/mol. The summed E-state index contributed by atoms with van der Waals surface area (Å²) in [6.07, 6.45) is 0. The molecule has 3 rings (SSSR count). The Bertz CT molecular complexity index is 1030. The lowest BCUT2D eigenvalue weighted by molar-refractivity contribution is -0.120. The molecule has 9 heteroatoms. The zero-order valence-corrected chi connectivity index (χ0v) is 17.3. The first-order valence-electron chi connectivity index (χ1n) is 7.38. The second-order valence-electron chi connectivity index (χ2n) is 5.43. The van der Waals surface area contributed by atoms with Gasteiger partial charge in [0, 0.05) is 14.3 Å². The van der Waals surface area contributed by atoms with Crippen LogP contribution in [-0.4, -0.2) is 22.6 Å². The van der Waals surface area contributed by atoms with Gasteiger partial charge in [-0.15, -0.1) is 10.2 Å². The summed E-state index contributed by atoms with van der Waals surface area (Å²) >= 11 is 12.7. The van der Waals surface area contributed by atoms with Crippen LogP contribution in [0.5, 0.6) is 11.6 Å². The lowest BCUT2D eigenvalue weighted by Gasteiger charge is -2.05. The minimum absolute atomic E-state index is 0.161. The van der Waals surface area contributed by atoms with Crippen molar-refractivity contribution in [3.05, 3.63) is 49.9 Å². The Kier molecular flexibility index (Phi) is 5.64. The van der Waals surface area contributed by atoms with Gasteiger partial charge < -0.3 is 14.8 Å². The van der Waals surface area contributed by atoms with E-state index < -0.39 is 5.91 Å². The highest BCUT2D eigenvalue weighted by atomic mass is 79.9. The van der Waals surface area contributed by atoms with Crippen molar-refractivity contribution in [1.29, 1.82) is 0 Å². The summed E-state index contributed by atoms with van der Waals surface area (Å²) in [6.45, 7) is 1.59. The van der Waals surface area contributed by atoms with E-state index in [-0.39, 0.29) is 18.2 Å². The van der Waals surface area contributed by atoms with Crippen molar-refractivity contribution >= 4 is 66.0 Å². The number of amides is 1. The number of benzene rings is 2. The van der Waals surface area contributed by atoms with Crippen molar-refractivity contribution in [3.63, 3.8) is 0 Å². The summed E-state index contributed by atoms with van der Waals surface area (Å²) in [5.74, 6) is -0.397. The quantitative estimate of drug-likeness (QED) is 0.427. The van der Waals surface area contributed by atoms with Crippen LogP contribution in [0.4, 0.5) is 5.69 Å². The predicted octanol–water partition coefficient (Wildman–Crippen LogP) is 6.05. The van der Waals surface area contributed by atoms with Gasteiger partial charge in [-0.2, -0.15) is 0 Å². The van der Waals surface area contributed by atoms with E-state index in [0.717, 1.165) is 14.5 Å². The minimum atomic E-state index is -0.605. The third-order valence-corrected chi connectivity index (χ3v) is 5.18. The highest BCUT2D eigenvalue weighted by Crippen LogP contribution is 2.37. The number of aryl methyl sites for hydroxylation is 1. The number of hydrogen-bond acceptors (Lipinski definition) is 4. The summed E-state index contributed by atoms with van der Waals surface area (Å²) < 4.78 is 7.04. The average molecular weight is 502 g/mol. The zero-order valence-electron chi connectivity index (χ0n) is 13.4. The molecule has 1 heterocycles. The smallest absolute Gasteiger partial charge is 0.302 e. The van der Waals surface area contributed by atoms with Crippen LogP contribution >= 0.6 is 43.5 Å². The number of halogens is 3. The number of H-pyrrole nitrogens is 1. The topological polar surface area (TPSA) is 87.0 Å². The molecular weight excluding hydrogens is 489 g/mol. The van der Waals surface area contributed by atoms with Gasteiger partial charge in [-0.1, -0.05) is 43.5 Å². The van der Waals surface area contributed by atoms with Crippen LogP contribution in [0.25, 0.3) is 10.9 Å². The van der Waals surface area contributed by atoms with Gasteiger partial charge in [0.1, 0.15) is 5.75 Å². The van der Waals surface area contributed by atoms with Crippen LogP contribution in [0.1, 0.15) is 5.56 Å². The summed E-state index contributed by atoms with van der Waals surface area (Å²) in [5.41, 5.74) is 1.84. The van der Waals surface area contributed by atoms with Gasteiger partial charge in [-0.3, -0.25) is 4.79 Å². The molecule has 0 unspecified atom stereocenters. The second-order valence-corrected chi connectivity index (χ2v) is 7.60. The first kappa shape index (κ1) is 18.9. The second kappa shape index (κ2) is 7.77. The lowest BCUT2D eigenvalue weighted by Crippen LogP contribution is -2.08. The molecule has 0 aliphatic rings. The highest BCUT2D eigenvalue weighted by Gasteiger charge is 2.13. The molecular formula is C17H12Br2ClN3O3. The minimum Gasteiger partial charge on any atom is -0.493 e. The molecule has 0 spiro atoms. The van der Waals surface area contributed by atoms with E-state index in [1.165, 1.54) is 0 Å². The van der Waals surface area contributed by atoms with E-state index in [4.69, 9.17) is 16.3 Å². The molecule has 0 atom stereocenters. The van der Waals surface area contributed by atoms with Crippen molar-refractivity contribution in [1.82, 2.24) is 4.98 Å². The largest absolute Gasteiger partial charge is 0.493 e. The van der Waals surface area contributed by atoms with Gasteiger partial charge in [0.2, 0.25) is 5.88 Å². The van der Waals surface area contributed by atoms with Crippen LogP contribution in [-0.2, 0) is 4.79 Å². The van der Waals surface area contributed by atoms with Crippen LogP contribution in [0, 0.1) is 6.92 Å². The molecule has 0 fully saturated rings. The fourth-order valence-electron chi connectivity index (χ4n) is 2.26. The number of aromatic nitrogens is 1. The van der Waals surface area contributed by atoms with Gasteiger partial charge in [0.05, 0.1) is 10.5 Å². The average Bonchev–Trinajstić information content (AvgIpc) is 2.87. The lowest BCUT2D eigenvalue weighted by atomic mass is 10.1. The molecule has 0 aliphatic carbocycles. The van der Waals surface area contributed by atoms with Crippen molar-refractivity contribution < 1.29 is 14.6 Å². The summed E-state index contributed by atoms with van der Waals surface area (Å²) in [7, 11) is 0. The third kappa shape index (κ3) is 4.08. The molecule has 2 N–H and O–H groups in total. The van der Waals surface area contributed by atoms with Gasteiger partial charge in [-0.25, -0.2) is 0 Å². The Morgan fingerprint density at radius 1 is 1.31 bits per heavy atom. The zero-order chi connectivity index (χ0) is 18.8. The number of ether oxygens (including phenoxy) is 1. The maximum Gasteiger partial charge on any atom is 0.302 e. The summed E-state index contributed by atoms with van der Waals surface area (Å²) in [5, 5.41) is 18.5. The van der Waals surface area contributed by atoms with Gasteiger partial charge in [0.25, 0.3) is 0 Å². The maximum atomic E-state index is 11.9. The van der Waals surface area contributed by atoms with Gasteiger partial charge >= 0.3 is 5.91 Å². The van der Waals surface area contributed by atoms with E-state index in [1.54, 1.807) is 18.2 Å². The van der Waals surface area contributed by atoms with Crippen LogP contribution < -0.4 is 4.74 Å². The molecule has 0 bridgehead atoms. The highest BCUT2D eigenvalue weighted by molar-refractivity contribution is 9.10. The van der Waals surface area contributed by atoms with Crippen molar-refractivity contribution in [3.8, 4) is 11.6 Å². The number of fused-ring (bicyclic) bond motifs is 1. The number of hydrogen-bond donors (Lipinski definition) is 2. The van der Waals surface area contributed by atoms with Crippen LogP contribution in [0.3, 0.4) is 0 Å². The Morgan fingerprint density at radius 3 is 2.81 bits per heavy atom. The molecule has 0 saturated heterocycles. The standard InChI is InChI=1S/C17H12Br2ClN3O3/c1-8-4-10-13(6-11(8)19)21-17(25)16(10)23-22-15(24)7-26-14-3-2-9(18)5-12(14)20/h2-6,21,25H,7H2,1H3. The SMILES string of the molecule is Cc1cc2c(N=NC(=O)COc3ccc(Br)cc3Cl)c(O)[nH]c2cc1Br. The van der Waals surface area contributed by atoms with E-state index in [9.17, 15) is 9.90 Å². The number of aromatic amines is 1. The molecule has 2 aromatic carbocycles. The Balaban J connectivity index is 1.75. The molecule has 6 nitrogen and oxygen atoms in total. The van der Waals surface area contributed by atoms with Crippen molar-refractivity contribution in [2.45, 2.75) is 6.92 Å². The first-order valence-corrected chi connectivity index (χ1v) is 9.34. The molecule has 1 amide bonds.